The second-order valence-electron chi connectivity index (χ2n) is 4.16. The van der Waals surface area contributed by atoms with Gasteiger partial charge in [-0.25, -0.2) is 4.98 Å². The lowest BCUT2D eigenvalue weighted by Crippen LogP contribution is -2.03. The highest BCUT2D eigenvalue weighted by Gasteiger charge is 2.18. The summed E-state index contributed by atoms with van der Waals surface area (Å²) in [4.78, 5) is 4.12. The quantitative estimate of drug-likeness (QED) is 0.901. The van der Waals surface area contributed by atoms with E-state index in [1.807, 2.05) is 14.0 Å². The molecule has 0 aliphatic carbocycles. The van der Waals surface area contributed by atoms with Crippen molar-refractivity contribution in [1.82, 2.24) is 19.3 Å². The standard InChI is InChI=1S/C11H15ClN4O/c1-7-8(11(12)16(3)14-7)4-10(17)9-5-15(2)6-13-9/h5-6,10,17H,4H2,1-3H3. The monoisotopic (exact) mass is 254 g/mol. The summed E-state index contributed by atoms with van der Waals surface area (Å²) >= 11 is 6.11. The molecule has 0 aliphatic rings. The van der Waals surface area contributed by atoms with Gasteiger partial charge in [-0.05, 0) is 6.92 Å². The van der Waals surface area contributed by atoms with E-state index in [1.54, 1.807) is 28.8 Å². The van der Waals surface area contributed by atoms with Gasteiger partial charge in [-0.3, -0.25) is 4.68 Å². The number of aliphatic hydroxyl groups excluding tert-OH is 1. The molecule has 1 N–H and O–H groups in total. The van der Waals surface area contributed by atoms with Crippen molar-refractivity contribution in [2.24, 2.45) is 14.1 Å². The molecule has 0 saturated heterocycles. The molecular weight excluding hydrogens is 240 g/mol. The van der Waals surface area contributed by atoms with Crippen LogP contribution in [0.3, 0.4) is 0 Å². The molecule has 2 rings (SSSR count). The Morgan fingerprint density at radius 1 is 1.47 bits per heavy atom. The van der Waals surface area contributed by atoms with Gasteiger partial charge in [-0.15, -0.1) is 0 Å². The zero-order valence-electron chi connectivity index (χ0n) is 10.1. The Kier molecular flexibility index (Phi) is 3.22. The number of imidazole rings is 1. The van der Waals surface area contributed by atoms with Crippen molar-refractivity contribution >= 4 is 11.6 Å². The molecule has 0 aromatic carbocycles. The van der Waals surface area contributed by atoms with E-state index in [-0.39, 0.29) is 0 Å². The minimum Gasteiger partial charge on any atom is -0.386 e. The van der Waals surface area contributed by atoms with Crippen LogP contribution in [0.2, 0.25) is 5.15 Å². The van der Waals surface area contributed by atoms with Gasteiger partial charge in [0.05, 0.1) is 17.7 Å². The molecule has 0 fully saturated rings. The molecule has 2 heterocycles. The molecule has 6 heteroatoms. The molecule has 0 bridgehead atoms. The highest BCUT2D eigenvalue weighted by atomic mass is 35.5. The number of aliphatic hydroxyl groups is 1. The predicted octanol–water partition coefficient (Wildman–Crippen LogP) is 1.39. The maximum atomic E-state index is 10.1. The van der Waals surface area contributed by atoms with Crippen LogP contribution in [0.1, 0.15) is 23.1 Å². The van der Waals surface area contributed by atoms with Crippen LogP contribution in [0.15, 0.2) is 12.5 Å². The Morgan fingerprint density at radius 3 is 2.65 bits per heavy atom. The lowest BCUT2D eigenvalue weighted by Gasteiger charge is -2.07. The average molecular weight is 255 g/mol. The van der Waals surface area contributed by atoms with Crippen LogP contribution in [0, 0.1) is 6.92 Å². The molecule has 0 aliphatic heterocycles. The van der Waals surface area contributed by atoms with E-state index in [2.05, 4.69) is 10.1 Å². The summed E-state index contributed by atoms with van der Waals surface area (Å²) in [5.74, 6) is 0. The summed E-state index contributed by atoms with van der Waals surface area (Å²) in [5.41, 5.74) is 2.35. The Balaban J connectivity index is 2.21. The fourth-order valence-electron chi connectivity index (χ4n) is 1.81. The van der Waals surface area contributed by atoms with Crippen molar-refractivity contribution in [3.05, 3.63) is 34.6 Å². The summed E-state index contributed by atoms with van der Waals surface area (Å²) < 4.78 is 3.41. The lowest BCUT2D eigenvalue weighted by molar-refractivity contribution is 0.174. The van der Waals surface area contributed by atoms with E-state index >= 15 is 0 Å². The number of aromatic nitrogens is 4. The van der Waals surface area contributed by atoms with Gasteiger partial charge in [-0.1, -0.05) is 11.6 Å². The first-order chi connectivity index (χ1) is 7.99. The minimum absolute atomic E-state index is 0.426. The number of rotatable bonds is 3. The van der Waals surface area contributed by atoms with E-state index in [1.165, 1.54) is 0 Å². The van der Waals surface area contributed by atoms with Crippen molar-refractivity contribution < 1.29 is 5.11 Å². The van der Waals surface area contributed by atoms with Gasteiger partial charge in [0.1, 0.15) is 11.3 Å². The molecule has 0 saturated carbocycles. The van der Waals surface area contributed by atoms with Gasteiger partial charge in [0.2, 0.25) is 0 Å². The van der Waals surface area contributed by atoms with Crippen LogP contribution in [0.4, 0.5) is 0 Å². The zero-order valence-corrected chi connectivity index (χ0v) is 10.8. The molecule has 0 radical (unpaired) electrons. The van der Waals surface area contributed by atoms with E-state index in [0.717, 1.165) is 11.3 Å². The fourth-order valence-corrected chi connectivity index (χ4v) is 2.06. The van der Waals surface area contributed by atoms with Crippen LogP contribution in [-0.4, -0.2) is 24.4 Å². The lowest BCUT2D eigenvalue weighted by atomic mass is 10.1. The van der Waals surface area contributed by atoms with E-state index in [9.17, 15) is 5.11 Å². The normalized spacial score (nSPS) is 13.0. The first-order valence-electron chi connectivity index (χ1n) is 5.33. The van der Waals surface area contributed by atoms with Gasteiger partial charge in [0, 0.05) is 32.3 Å². The molecular formula is C11H15ClN4O. The Bertz CT molecular complexity index is 532. The number of halogens is 1. The molecule has 2 aromatic heterocycles. The third kappa shape index (κ3) is 2.35. The van der Waals surface area contributed by atoms with Gasteiger partial charge < -0.3 is 9.67 Å². The van der Waals surface area contributed by atoms with Crippen LogP contribution in [0.5, 0.6) is 0 Å². The summed E-state index contributed by atoms with van der Waals surface area (Å²) in [5, 5.41) is 14.9. The third-order valence-electron chi connectivity index (χ3n) is 2.73. The van der Waals surface area contributed by atoms with Crippen LogP contribution >= 0.6 is 11.6 Å². The summed E-state index contributed by atoms with van der Waals surface area (Å²) in [7, 11) is 3.65. The molecule has 17 heavy (non-hydrogen) atoms. The van der Waals surface area contributed by atoms with Crippen molar-refractivity contribution in [3.63, 3.8) is 0 Å². The number of nitrogens with zero attached hydrogens (tertiary/aromatic N) is 4. The SMILES string of the molecule is Cc1nn(C)c(Cl)c1CC(O)c1cn(C)cn1. The first kappa shape index (κ1) is 12.1. The maximum absolute atomic E-state index is 10.1. The van der Waals surface area contributed by atoms with Crippen molar-refractivity contribution in [3.8, 4) is 0 Å². The molecule has 2 aromatic rings. The number of hydrogen-bond donors (Lipinski definition) is 1. The zero-order chi connectivity index (χ0) is 12.6. The number of aryl methyl sites for hydroxylation is 3. The largest absolute Gasteiger partial charge is 0.386 e. The second-order valence-corrected chi connectivity index (χ2v) is 4.52. The summed E-state index contributed by atoms with van der Waals surface area (Å²) in [6.45, 7) is 1.88. The maximum Gasteiger partial charge on any atom is 0.130 e. The topological polar surface area (TPSA) is 55.9 Å². The molecule has 1 unspecified atom stereocenters. The minimum atomic E-state index is -0.656. The predicted molar refractivity (Wildman–Crippen MR) is 64.8 cm³/mol. The highest BCUT2D eigenvalue weighted by molar-refractivity contribution is 6.30. The third-order valence-corrected chi connectivity index (χ3v) is 3.21. The first-order valence-corrected chi connectivity index (χ1v) is 5.70. The summed E-state index contributed by atoms with van der Waals surface area (Å²) in [6, 6.07) is 0. The van der Waals surface area contributed by atoms with Crippen molar-refractivity contribution in [2.45, 2.75) is 19.4 Å². The van der Waals surface area contributed by atoms with E-state index in [0.29, 0.717) is 17.3 Å². The molecule has 0 spiro atoms. The number of hydrogen-bond acceptors (Lipinski definition) is 3. The van der Waals surface area contributed by atoms with Gasteiger partial charge in [0.15, 0.2) is 0 Å². The molecule has 0 amide bonds. The highest BCUT2D eigenvalue weighted by Crippen LogP contribution is 2.24. The second kappa shape index (κ2) is 4.50. The van der Waals surface area contributed by atoms with Gasteiger partial charge in [0.25, 0.3) is 0 Å². The Morgan fingerprint density at radius 2 is 2.18 bits per heavy atom. The Hall–Kier alpha value is -1.33. The smallest absolute Gasteiger partial charge is 0.130 e. The van der Waals surface area contributed by atoms with E-state index in [4.69, 9.17) is 11.6 Å². The van der Waals surface area contributed by atoms with Crippen LogP contribution in [-0.2, 0) is 20.5 Å². The van der Waals surface area contributed by atoms with Crippen molar-refractivity contribution in [1.29, 1.82) is 0 Å². The average Bonchev–Trinajstić information content (AvgIpc) is 2.79. The van der Waals surface area contributed by atoms with Gasteiger partial charge in [-0.2, -0.15) is 5.10 Å². The van der Waals surface area contributed by atoms with Crippen molar-refractivity contribution in [2.75, 3.05) is 0 Å². The van der Waals surface area contributed by atoms with Gasteiger partial charge >= 0.3 is 0 Å². The van der Waals surface area contributed by atoms with Crippen LogP contribution in [0.25, 0.3) is 0 Å². The molecule has 92 valence electrons. The molecule has 1 atom stereocenters. The van der Waals surface area contributed by atoms with E-state index < -0.39 is 6.10 Å². The van der Waals surface area contributed by atoms with Crippen LogP contribution < -0.4 is 0 Å². The molecule has 5 nitrogen and oxygen atoms in total. The Labute approximate surface area is 105 Å². The summed E-state index contributed by atoms with van der Waals surface area (Å²) in [6.07, 6.45) is 3.23. The fraction of sp³-hybridized carbons (Fsp3) is 0.455.